The molecule has 0 radical (unpaired) electrons. The first-order chi connectivity index (χ1) is 9.54. The van der Waals surface area contributed by atoms with Crippen molar-refractivity contribution in [2.24, 2.45) is 5.92 Å². The van der Waals surface area contributed by atoms with Crippen molar-refractivity contribution >= 4 is 10.0 Å². The Labute approximate surface area is 119 Å². The Balaban J connectivity index is 2.31. The van der Waals surface area contributed by atoms with E-state index in [1.165, 1.54) is 6.26 Å². The van der Waals surface area contributed by atoms with Gasteiger partial charge in [0.15, 0.2) is 0 Å². The molecule has 0 aliphatic heterocycles. The second-order valence-electron chi connectivity index (χ2n) is 4.52. The van der Waals surface area contributed by atoms with Crippen LogP contribution in [0, 0.1) is 5.92 Å². The maximum atomic E-state index is 12.4. The third-order valence-corrected chi connectivity index (χ3v) is 4.54. The molecule has 2 aromatic rings. The Morgan fingerprint density at radius 1 is 1.20 bits per heavy atom. The van der Waals surface area contributed by atoms with Crippen molar-refractivity contribution in [1.82, 2.24) is 4.72 Å². The van der Waals surface area contributed by atoms with Crippen molar-refractivity contribution in [3.8, 4) is 0 Å². The molecule has 0 saturated carbocycles. The summed E-state index contributed by atoms with van der Waals surface area (Å²) in [6.45, 7) is 5.60. The molecular formula is C15H17NO3S. The number of hydrogen-bond donors (Lipinski definition) is 1. The number of furan rings is 1. The van der Waals surface area contributed by atoms with Gasteiger partial charge in [-0.25, -0.2) is 8.42 Å². The van der Waals surface area contributed by atoms with E-state index in [-0.39, 0.29) is 10.8 Å². The molecule has 1 N–H and O–H groups in total. The summed E-state index contributed by atoms with van der Waals surface area (Å²) in [7, 11) is -3.60. The molecule has 0 aliphatic carbocycles. The van der Waals surface area contributed by atoms with Gasteiger partial charge in [0.25, 0.3) is 0 Å². The first kappa shape index (κ1) is 14.6. The minimum absolute atomic E-state index is 0.0976. The summed E-state index contributed by atoms with van der Waals surface area (Å²) in [5.74, 6) is 0.469. The molecule has 0 aliphatic rings. The molecule has 0 unspecified atom stereocenters. The minimum Gasteiger partial charge on any atom is -0.468 e. The SMILES string of the molecule is C=C[C@H](C)[C@@H](NS(=O)(=O)c1ccccc1)c1ccco1. The number of hydrogen-bond acceptors (Lipinski definition) is 3. The second-order valence-corrected chi connectivity index (χ2v) is 6.24. The molecule has 0 amide bonds. The highest BCUT2D eigenvalue weighted by molar-refractivity contribution is 7.89. The van der Waals surface area contributed by atoms with E-state index >= 15 is 0 Å². The van der Waals surface area contributed by atoms with Crippen LogP contribution in [0.1, 0.15) is 18.7 Å². The third kappa shape index (κ3) is 3.18. The van der Waals surface area contributed by atoms with E-state index in [1.807, 2.05) is 6.92 Å². The fourth-order valence-corrected chi connectivity index (χ4v) is 3.18. The fraction of sp³-hybridized carbons (Fsp3) is 0.200. The lowest BCUT2D eigenvalue weighted by Crippen LogP contribution is -2.31. The van der Waals surface area contributed by atoms with Crippen LogP contribution >= 0.6 is 0 Å². The zero-order valence-electron chi connectivity index (χ0n) is 11.2. The second kappa shape index (κ2) is 6.07. The van der Waals surface area contributed by atoms with Crippen molar-refractivity contribution in [3.05, 3.63) is 67.1 Å². The van der Waals surface area contributed by atoms with Crippen LogP contribution in [0.15, 0.2) is 70.7 Å². The lowest BCUT2D eigenvalue weighted by Gasteiger charge is -2.20. The standard InChI is InChI=1S/C15H17NO3S/c1-3-12(2)15(14-10-7-11-19-14)16-20(17,18)13-8-5-4-6-9-13/h3-12,15-16H,1H2,2H3/t12-,15+/m0/s1. The summed E-state index contributed by atoms with van der Waals surface area (Å²) in [5.41, 5.74) is 0. The maximum absolute atomic E-state index is 12.4. The number of sulfonamides is 1. The van der Waals surface area contributed by atoms with Crippen LogP contribution in [-0.4, -0.2) is 8.42 Å². The minimum atomic E-state index is -3.60. The molecule has 106 valence electrons. The topological polar surface area (TPSA) is 59.3 Å². The van der Waals surface area contributed by atoms with Crippen LogP contribution in [0.3, 0.4) is 0 Å². The van der Waals surface area contributed by atoms with Gasteiger partial charge in [0.1, 0.15) is 5.76 Å². The van der Waals surface area contributed by atoms with Crippen molar-refractivity contribution in [1.29, 1.82) is 0 Å². The van der Waals surface area contributed by atoms with Gasteiger partial charge in [0.2, 0.25) is 10.0 Å². The highest BCUT2D eigenvalue weighted by atomic mass is 32.2. The number of rotatable bonds is 6. The van der Waals surface area contributed by atoms with Crippen LogP contribution in [0.25, 0.3) is 0 Å². The molecule has 0 spiro atoms. The molecule has 1 heterocycles. The normalized spacial score (nSPS) is 14.7. The summed E-state index contributed by atoms with van der Waals surface area (Å²) >= 11 is 0. The largest absolute Gasteiger partial charge is 0.468 e. The highest BCUT2D eigenvalue weighted by Gasteiger charge is 2.26. The Bertz CT molecular complexity index is 648. The molecule has 5 heteroatoms. The summed E-state index contributed by atoms with van der Waals surface area (Å²) in [6, 6.07) is 11.3. The van der Waals surface area contributed by atoms with Gasteiger partial charge in [-0.2, -0.15) is 4.72 Å². The first-order valence-electron chi connectivity index (χ1n) is 6.28. The van der Waals surface area contributed by atoms with Crippen molar-refractivity contribution in [3.63, 3.8) is 0 Å². The zero-order valence-corrected chi connectivity index (χ0v) is 12.0. The predicted octanol–water partition coefficient (Wildman–Crippen LogP) is 3.12. The molecule has 20 heavy (non-hydrogen) atoms. The highest BCUT2D eigenvalue weighted by Crippen LogP contribution is 2.25. The lowest BCUT2D eigenvalue weighted by molar-refractivity contribution is 0.398. The molecule has 1 aromatic carbocycles. The Hall–Kier alpha value is -1.85. The van der Waals surface area contributed by atoms with Crippen molar-refractivity contribution < 1.29 is 12.8 Å². The molecule has 0 bridgehead atoms. The van der Waals surface area contributed by atoms with Gasteiger partial charge in [0, 0.05) is 0 Å². The van der Waals surface area contributed by atoms with E-state index in [0.29, 0.717) is 5.76 Å². The van der Waals surface area contributed by atoms with Gasteiger partial charge in [-0.15, -0.1) is 6.58 Å². The van der Waals surface area contributed by atoms with E-state index in [1.54, 1.807) is 48.5 Å². The quantitative estimate of drug-likeness (QED) is 0.832. The van der Waals surface area contributed by atoms with Crippen LogP contribution in [0.4, 0.5) is 0 Å². The van der Waals surface area contributed by atoms with Gasteiger partial charge in [0.05, 0.1) is 17.2 Å². The van der Waals surface area contributed by atoms with Gasteiger partial charge in [-0.1, -0.05) is 31.2 Å². The Morgan fingerprint density at radius 2 is 1.90 bits per heavy atom. The predicted molar refractivity (Wildman–Crippen MR) is 77.6 cm³/mol. The van der Waals surface area contributed by atoms with Gasteiger partial charge in [-0.05, 0) is 30.2 Å². The summed E-state index contributed by atoms with van der Waals surface area (Å²) in [4.78, 5) is 0.229. The van der Waals surface area contributed by atoms with E-state index in [4.69, 9.17) is 4.42 Å². The maximum Gasteiger partial charge on any atom is 0.241 e. The lowest BCUT2D eigenvalue weighted by atomic mass is 10.0. The molecular weight excluding hydrogens is 274 g/mol. The molecule has 1 aromatic heterocycles. The summed E-state index contributed by atoms with van der Waals surface area (Å²) in [5, 5.41) is 0. The van der Waals surface area contributed by atoms with Crippen LogP contribution in [0.2, 0.25) is 0 Å². The van der Waals surface area contributed by atoms with Crippen molar-refractivity contribution in [2.45, 2.75) is 17.9 Å². The van der Waals surface area contributed by atoms with Gasteiger partial charge >= 0.3 is 0 Å². The number of nitrogens with one attached hydrogen (secondary N) is 1. The van der Waals surface area contributed by atoms with E-state index in [9.17, 15) is 8.42 Å². The monoisotopic (exact) mass is 291 g/mol. The van der Waals surface area contributed by atoms with Crippen LogP contribution in [0.5, 0.6) is 0 Å². The molecule has 4 nitrogen and oxygen atoms in total. The van der Waals surface area contributed by atoms with Crippen molar-refractivity contribution in [2.75, 3.05) is 0 Å². The third-order valence-electron chi connectivity index (χ3n) is 3.08. The van der Waals surface area contributed by atoms with E-state index in [2.05, 4.69) is 11.3 Å². The smallest absolute Gasteiger partial charge is 0.241 e. The Morgan fingerprint density at radius 3 is 2.45 bits per heavy atom. The average Bonchev–Trinajstić information content (AvgIpc) is 2.99. The van der Waals surface area contributed by atoms with E-state index in [0.717, 1.165) is 0 Å². The van der Waals surface area contributed by atoms with Crippen LogP contribution < -0.4 is 4.72 Å². The number of benzene rings is 1. The average molecular weight is 291 g/mol. The molecule has 2 rings (SSSR count). The van der Waals surface area contributed by atoms with Gasteiger partial charge < -0.3 is 4.42 Å². The van der Waals surface area contributed by atoms with Crippen LogP contribution in [-0.2, 0) is 10.0 Å². The molecule has 0 fully saturated rings. The summed E-state index contributed by atoms with van der Waals surface area (Å²) < 4.78 is 32.7. The Kier molecular flexibility index (Phi) is 4.42. The first-order valence-corrected chi connectivity index (χ1v) is 7.76. The fourth-order valence-electron chi connectivity index (χ4n) is 1.86. The van der Waals surface area contributed by atoms with Gasteiger partial charge in [-0.3, -0.25) is 0 Å². The molecule has 2 atom stereocenters. The summed E-state index contributed by atoms with van der Waals surface area (Å²) in [6.07, 6.45) is 3.22. The zero-order chi connectivity index (χ0) is 14.6. The van der Waals surface area contributed by atoms with E-state index < -0.39 is 16.1 Å². The molecule has 0 saturated heterocycles.